The summed E-state index contributed by atoms with van der Waals surface area (Å²) in [4.78, 5) is 0. The number of rotatable bonds is 1. The lowest BCUT2D eigenvalue weighted by Gasteiger charge is -2.10. The van der Waals surface area contributed by atoms with E-state index >= 15 is 0 Å². The Labute approximate surface area is 92.1 Å². The monoisotopic (exact) mass is 237 g/mol. The van der Waals surface area contributed by atoms with Crippen molar-refractivity contribution in [3.05, 3.63) is 35.4 Å². The van der Waals surface area contributed by atoms with Gasteiger partial charge in [0.05, 0.1) is 0 Å². The van der Waals surface area contributed by atoms with Gasteiger partial charge in [0, 0.05) is 18.2 Å². The molecule has 0 aliphatic carbocycles. The molecule has 1 saturated heterocycles. The summed E-state index contributed by atoms with van der Waals surface area (Å²) in [6.45, 7) is 0.209. The Morgan fingerprint density at radius 3 is 2.60 bits per heavy atom. The Kier molecular flexibility index (Phi) is 3.99. The fourth-order valence-electron chi connectivity index (χ4n) is 1.71. The summed E-state index contributed by atoms with van der Waals surface area (Å²) in [6, 6.07) is 2.84. The lowest BCUT2D eigenvalue weighted by Crippen LogP contribution is -2.15. The molecular weight excluding hydrogens is 227 g/mol. The average Bonchev–Trinajstić information content (AvgIpc) is 2.56. The highest BCUT2D eigenvalue weighted by Crippen LogP contribution is 2.27. The first-order valence-electron chi connectivity index (χ1n) is 4.49. The standard InChI is InChI=1S/C10H10F3N.ClH/c11-6-1-2-9(13)8(3-6)10-4-7(12)5-14-10;/h1-3,7,10,14H,4-5H2;1H/t7-,10+;/m1./s1. The molecule has 0 spiro atoms. The van der Waals surface area contributed by atoms with Crippen molar-refractivity contribution in [2.24, 2.45) is 0 Å². The molecule has 84 valence electrons. The van der Waals surface area contributed by atoms with E-state index in [-0.39, 0.29) is 30.9 Å². The van der Waals surface area contributed by atoms with Crippen LogP contribution in [-0.4, -0.2) is 12.7 Å². The lowest BCUT2D eigenvalue weighted by molar-refractivity contribution is 0.355. The number of nitrogens with one attached hydrogen (secondary N) is 1. The van der Waals surface area contributed by atoms with E-state index in [2.05, 4.69) is 5.32 Å². The van der Waals surface area contributed by atoms with E-state index in [0.29, 0.717) is 0 Å². The number of halogens is 4. The summed E-state index contributed by atoms with van der Waals surface area (Å²) >= 11 is 0. The van der Waals surface area contributed by atoms with Crippen LogP contribution in [0.15, 0.2) is 18.2 Å². The summed E-state index contributed by atoms with van der Waals surface area (Å²) in [5.74, 6) is -0.983. The molecule has 1 heterocycles. The number of hydrogen-bond acceptors (Lipinski definition) is 1. The van der Waals surface area contributed by atoms with Crippen molar-refractivity contribution in [3.8, 4) is 0 Å². The van der Waals surface area contributed by atoms with E-state index in [4.69, 9.17) is 0 Å². The fourth-order valence-corrected chi connectivity index (χ4v) is 1.71. The maximum absolute atomic E-state index is 13.2. The minimum Gasteiger partial charge on any atom is -0.307 e. The molecule has 1 nitrogen and oxygen atoms in total. The highest BCUT2D eigenvalue weighted by Gasteiger charge is 2.26. The fraction of sp³-hybridized carbons (Fsp3) is 0.400. The molecule has 1 aliphatic heterocycles. The van der Waals surface area contributed by atoms with Gasteiger partial charge in [-0.05, 0) is 24.6 Å². The molecule has 1 N–H and O–H groups in total. The minimum absolute atomic E-state index is 0. The first-order valence-corrected chi connectivity index (χ1v) is 4.49. The lowest BCUT2D eigenvalue weighted by atomic mass is 10.0. The van der Waals surface area contributed by atoms with Gasteiger partial charge in [-0.25, -0.2) is 13.2 Å². The third-order valence-electron chi connectivity index (χ3n) is 2.41. The van der Waals surface area contributed by atoms with Crippen LogP contribution in [0.4, 0.5) is 13.2 Å². The molecule has 15 heavy (non-hydrogen) atoms. The van der Waals surface area contributed by atoms with Crippen molar-refractivity contribution >= 4 is 12.4 Å². The molecule has 0 aromatic heterocycles. The predicted molar refractivity (Wildman–Crippen MR) is 53.9 cm³/mol. The van der Waals surface area contributed by atoms with Crippen molar-refractivity contribution in [2.45, 2.75) is 18.6 Å². The molecule has 1 aliphatic rings. The molecule has 0 bridgehead atoms. The van der Waals surface area contributed by atoms with E-state index in [0.717, 1.165) is 18.2 Å². The van der Waals surface area contributed by atoms with Gasteiger partial charge >= 0.3 is 0 Å². The number of benzene rings is 1. The van der Waals surface area contributed by atoms with Crippen LogP contribution in [0.1, 0.15) is 18.0 Å². The van der Waals surface area contributed by atoms with Gasteiger partial charge in [-0.1, -0.05) is 0 Å². The van der Waals surface area contributed by atoms with Crippen LogP contribution in [-0.2, 0) is 0 Å². The third-order valence-corrected chi connectivity index (χ3v) is 2.41. The van der Waals surface area contributed by atoms with Gasteiger partial charge in [0.2, 0.25) is 0 Å². The van der Waals surface area contributed by atoms with E-state index in [9.17, 15) is 13.2 Å². The second-order valence-corrected chi connectivity index (χ2v) is 3.46. The van der Waals surface area contributed by atoms with Crippen molar-refractivity contribution in [2.75, 3.05) is 6.54 Å². The molecule has 0 amide bonds. The zero-order valence-electron chi connectivity index (χ0n) is 7.84. The summed E-state index contributed by atoms with van der Waals surface area (Å²) in [5, 5.41) is 2.81. The second-order valence-electron chi connectivity index (χ2n) is 3.46. The maximum Gasteiger partial charge on any atom is 0.128 e. The Hall–Kier alpha value is -0.740. The van der Waals surface area contributed by atoms with Gasteiger partial charge in [-0.2, -0.15) is 0 Å². The van der Waals surface area contributed by atoms with Crippen LogP contribution in [0, 0.1) is 11.6 Å². The Morgan fingerprint density at radius 2 is 2.00 bits per heavy atom. The summed E-state index contributed by atoms with van der Waals surface area (Å²) in [6.07, 6.45) is -0.761. The molecule has 2 rings (SSSR count). The van der Waals surface area contributed by atoms with Crippen molar-refractivity contribution in [3.63, 3.8) is 0 Å². The van der Waals surface area contributed by atoms with E-state index < -0.39 is 23.8 Å². The SMILES string of the molecule is Cl.Fc1ccc(F)c([C@@H]2C[C@@H](F)CN2)c1. The molecule has 1 aromatic rings. The normalized spacial score (nSPS) is 25.0. The first kappa shape index (κ1) is 12.3. The third kappa shape index (κ3) is 2.63. The molecule has 1 aromatic carbocycles. The Bertz CT molecular complexity index is 345. The molecule has 0 radical (unpaired) electrons. The van der Waals surface area contributed by atoms with Crippen LogP contribution in [0.25, 0.3) is 0 Å². The van der Waals surface area contributed by atoms with E-state index in [1.807, 2.05) is 0 Å². The van der Waals surface area contributed by atoms with Gasteiger partial charge < -0.3 is 5.32 Å². The maximum atomic E-state index is 13.2. The first-order chi connectivity index (χ1) is 6.66. The zero-order chi connectivity index (χ0) is 10.1. The predicted octanol–water partition coefficient (Wildman–Crippen LogP) is 2.76. The molecule has 2 atom stereocenters. The van der Waals surface area contributed by atoms with Gasteiger partial charge in [-0.3, -0.25) is 0 Å². The summed E-state index contributed by atoms with van der Waals surface area (Å²) < 4.78 is 38.8. The quantitative estimate of drug-likeness (QED) is 0.792. The number of hydrogen-bond donors (Lipinski definition) is 1. The van der Waals surface area contributed by atoms with Gasteiger partial charge in [-0.15, -0.1) is 12.4 Å². The average molecular weight is 238 g/mol. The molecule has 0 unspecified atom stereocenters. The van der Waals surface area contributed by atoms with Crippen LogP contribution in [0.5, 0.6) is 0 Å². The second kappa shape index (κ2) is 4.86. The van der Waals surface area contributed by atoms with Crippen LogP contribution >= 0.6 is 12.4 Å². The van der Waals surface area contributed by atoms with Crippen molar-refractivity contribution < 1.29 is 13.2 Å². The van der Waals surface area contributed by atoms with Gasteiger partial charge in [0.1, 0.15) is 17.8 Å². The highest BCUT2D eigenvalue weighted by atomic mass is 35.5. The zero-order valence-corrected chi connectivity index (χ0v) is 8.66. The smallest absolute Gasteiger partial charge is 0.128 e. The Balaban J connectivity index is 0.00000112. The highest BCUT2D eigenvalue weighted by molar-refractivity contribution is 5.85. The summed E-state index contributed by atoms with van der Waals surface area (Å²) in [5.41, 5.74) is 0.213. The molecular formula is C10H11ClF3N. The molecule has 0 saturated carbocycles. The topological polar surface area (TPSA) is 12.0 Å². The largest absolute Gasteiger partial charge is 0.307 e. The minimum atomic E-state index is -0.970. The van der Waals surface area contributed by atoms with Gasteiger partial charge in [0.25, 0.3) is 0 Å². The van der Waals surface area contributed by atoms with Crippen LogP contribution in [0.2, 0.25) is 0 Å². The van der Waals surface area contributed by atoms with E-state index in [1.165, 1.54) is 0 Å². The van der Waals surface area contributed by atoms with E-state index in [1.54, 1.807) is 0 Å². The van der Waals surface area contributed by atoms with Crippen LogP contribution in [0.3, 0.4) is 0 Å². The summed E-state index contributed by atoms with van der Waals surface area (Å²) in [7, 11) is 0. The van der Waals surface area contributed by atoms with Crippen molar-refractivity contribution in [1.82, 2.24) is 5.32 Å². The molecule has 5 heteroatoms. The Morgan fingerprint density at radius 1 is 1.27 bits per heavy atom. The molecule has 1 fully saturated rings. The van der Waals surface area contributed by atoms with Gasteiger partial charge in [0.15, 0.2) is 0 Å². The number of alkyl halides is 1. The van der Waals surface area contributed by atoms with Crippen molar-refractivity contribution in [1.29, 1.82) is 0 Å². The van der Waals surface area contributed by atoms with Crippen LogP contribution < -0.4 is 5.32 Å².